The Labute approximate surface area is 261 Å². The second kappa shape index (κ2) is 14.9. The third kappa shape index (κ3) is 7.87. The first-order valence-corrected chi connectivity index (χ1v) is 16.4. The number of nitrogens with zero attached hydrogens (tertiary/aromatic N) is 4. The molecule has 0 bridgehead atoms. The lowest BCUT2D eigenvalue weighted by molar-refractivity contribution is -0.139. The van der Waals surface area contributed by atoms with E-state index in [1.165, 1.54) is 0 Å². The van der Waals surface area contributed by atoms with Crippen LogP contribution in [0.2, 0.25) is 0 Å². The van der Waals surface area contributed by atoms with E-state index in [1.54, 1.807) is 14.5 Å². The Kier molecular flexibility index (Phi) is 11.2. The van der Waals surface area contributed by atoms with E-state index in [2.05, 4.69) is 43.4 Å². The molecule has 4 amide bonds. The van der Waals surface area contributed by atoms with Crippen molar-refractivity contribution in [2.75, 3.05) is 32.7 Å². The van der Waals surface area contributed by atoms with Gasteiger partial charge >= 0.3 is 0 Å². The van der Waals surface area contributed by atoms with Gasteiger partial charge in [-0.25, -0.2) is 0 Å². The van der Waals surface area contributed by atoms with Crippen molar-refractivity contribution in [2.45, 2.75) is 91.6 Å². The van der Waals surface area contributed by atoms with Gasteiger partial charge in [0.15, 0.2) is 0 Å². The van der Waals surface area contributed by atoms with Gasteiger partial charge in [-0.3, -0.25) is 23.9 Å². The van der Waals surface area contributed by atoms with E-state index in [9.17, 15) is 19.2 Å². The largest absolute Gasteiger partial charge is 0.354 e. The Morgan fingerprint density at radius 3 is 2.52 bits per heavy atom. The van der Waals surface area contributed by atoms with Gasteiger partial charge < -0.3 is 20.4 Å². The third-order valence-corrected chi connectivity index (χ3v) is 8.60. The lowest BCUT2D eigenvalue weighted by Crippen LogP contribution is -2.60. The number of carbonyl (C=O) groups excluding carboxylic acids is 4. The molecule has 1 aromatic carbocycles. The van der Waals surface area contributed by atoms with Crippen LogP contribution in [-0.2, 0) is 39.3 Å². The molecule has 1 aliphatic heterocycles. The number of amides is 4. The quantitative estimate of drug-likeness (QED) is 0.499. The molecule has 240 valence electrons. The van der Waals surface area contributed by atoms with Gasteiger partial charge in [-0.2, -0.15) is 5.10 Å². The third-order valence-electron chi connectivity index (χ3n) is 8.60. The number of hydrogen-bond donors (Lipinski definition) is 2. The van der Waals surface area contributed by atoms with Crippen LogP contribution in [0.3, 0.4) is 0 Å². The molecule has 1 saturated heterocycles. The second-order valence-corrected chi connectivity index (χ2v) is 13.1. The van der Waals surface area contributed by atoms with Gasteiger partial charge in [0, 0.05) is 26.2 Å². The van der Waals surface area contributed by atoms with Crippen LogP contribution in [0.25, 0.3) is 0 Å². The van der Waals surface area contributed by atoms with Crippen LogP contribution in [0.4, 0.5) is 0 Å². The molecule has 0 radical (unpaired) electrons. The Balaban J connectivity index is 1.63. The van der Waals surface area contributed by atoms with E-state index < -0.39 is 5.54 Å². The number of hydrogen-bond acceptors (Lipinski definition) is 5. The van der Waals surface area contributed by atoms with E-state index >= 15 is 0 Å². The number of aryl methyl sites for hydroxylation is 2. The zero-order valence-electron chi connectivity index (χ0n) is 27.2. The molecule has 1 unspecified atom stereocenters. The highest BCUT2D eigenvalue weighted by molar-refractivity contribution is 5.97. The van der Waals surface area contributed by atoms with Gasteiger partial charge in [-0.1, -0.05) is 52.0 Å². The Morgan fingerprint density at radius 2 is 1.80 bits per heavy atom. The maximum Gasteiger partial charge on any atom is 0.272 e. The van der Waals surface area contributed by atoms with Crippen LogP contribution >= 0.6 is 0 Å². The van der Waals surface area contributed by atoms with Gasteiger partial charge in [-0.15, -0.1) is 0 Å². The molecule has 1 aromatic heterocycles. The molecule has 10 nitrogen and oxygen atoms in total. The van der Waals surface area contributed by atoms with Gasteiger partial charge in [0.25, 0.3) is 5.91 Å². The van der Waals surface area contributed by atoms with Crippen LogP contribution < -0.4 is 10.6 Å². The van der Waals surface area contributed by atoms with Crippen molar-refractivity contribution in [3.05, 3.63) is 52.8 Å². The topological polar surface area (TPSA) is 117 Å². The van der Waals surface area contributed by atoms with E-state index in [1.807, 2.05) is 37.3 Å². The van der Waals surface area contributed by atoms with Gasteiger partial charge in [0.2, 0.25) is 17.7 Å². The molecule has 4 rings (SSSR count). The van der Waals surface area contributed by atoms with Crippen molar-refractivity contribution < 1.29 is 19.2 Å². The van der Waals surface area contributed by atoms with Crippen molar-refractivity contribution in [1.29, 1.82) is 0 Å². The highest BCUT2D eigenvalue weighted by atomic mass is 16.2. The van der Waals surface area contributed by atoms with Crippen LogP contribution in [0, 0.1) is 11.8 Å². The zero-order chi connectivity index (χ0) is 31.9. The first-order valence-electron chi connectivity index (χ1n) is 16.4. The first-order chi connectivity index (χ1) is 21.0. The summed E-state index contributed by atoms with van der Waals surface area (Å²) in [5.74, 6) is -0.425. The molecule has 2 heterocycles. The van der Waals surface area contributed by atoms with Gasteiger partial charge in [-0.05, 0) is 80.9 Å². The number of carbonyl (C=O) groups is 4. The highest BCUT2D eigenvalue weighted by Crippen LogP contribution is 2.36. The van der Waals surface area contributed by atoms with Crippen LogP contribution in [0.5, 0.6) is 0 Å². The van der Waals surface area contributed by atoms with E-state index in [4.69, 9.17) is 0 Å². The molecule has 1 atom stereocenters. The zero-order valence-corrected chi connectivity index (χ0v) is 27.2. The maximum atomic E-state index is 13.9. The minimum absolute atomic E-state index is 0.126. The van der Waals surface area contributed by atoms with Gasteiger partial charge in [0.1, 0.15) is 17.8 Å². The molecule has 1 aliphatic carbocycles. The maximum absolute atomic E-state index is 13.9. The van der Waals surface area contributed by atoms with E-state index in [0.29, 0.717) is 69.4 Å². The monoisotopic (exact) mass is 606 g/mol. The number of fused-ring (bicyclic) bond motifs is 2. The normalized spacial score (nSPS) is 20.5. The van der Waals surface area contributed by atoms with Crippen molar-refractivity contribution in [2.24, 2.45) is 11.8 Å². The lowest BCUT2D eigenvalue weighted by atomic mass is 9.75. The predicted octanol–water partition coefficient (Wildman–Crippen LogP) is 3.68. The average molecular weight is 607 g/mol. The molecule has 2 aromatic rings. The van der Waals surface area contributed by atoms with Crippen molar-refractivity contribution in [3.8, 4) is 0 Å². The number of aromatic nitrogens is 2. The standard InChI is InChI=1S/C34H50N6O4/c1-6-40-29(21-27(37-40)20-25(4)5)32(43)39-18-10-9-17-35-33(44)34(16-11-13-26-12-7-8-14-28(26)34)36-30(41)22-38(31(42)23-39)19-15-24(2)3/h7-8,12,14,21,24-25H,6,9-11,13,15-20,22-23H2,1-5H3,(H,35,44)(H,36,41). The van der Waals surface area contributed by atoms with E-state index in [-0.39, 0.29) is 36.7 Å². The molecule has 1 spiro atoms. The second-order valence-electron chi connectivity index (χ2n) is 13.1. The summed E-state index contributed by atoms with van der Waals surface area (Å²) in [7, 11) is 0. The molecule has 1 fully saturated rings. The summed E-state index contributed by atoms with van der Waals surface area (Å²) in [6.07, 6.45) is 4.82. The SMILES string of the molecule is CCn1nc(CC(C)C)cc1C(=O)N1CCCCNC(=O)C2(CCCc3ccccc32)NC(=O)CN(CCC(C)C)C(=O)C1. The number of rotatable bonds is 7. The summed E-state index contributed by atoms with van der Waals surface area (Å²) >= 11 is 0. The predicted molar refractivity (Wildman–Crippen MR) is 170 cm³/mol. The van der Waals surface area contributed by atoms with Crippen molar-refractivity contribution in [3.63, 3.8) is 0 Å². The van der Waals surface area contributed by atoms with Gasteiger partial charge in [0.05, 0.1) is 12.2 Å². The van der Waals surface area contributed by atoms with Crippen LogP contribution in [0.1, 0.15) is 94.0 Å². The smallest absolute Gasteiger partial charge is 0.272 e. The molecule has 44 heavy (non-hydrogen) atoms. The van der Waals surface area contributed by atoms with Crippen LogP contribution in [-0.4, -0.2) is 75.9 Å². The summed E-state index contributed by atoms with van der Waals surface area (Å²) in [4.78, 5) is 58.5. The van der Waals surface area contributed by atoms with Crippen molar-refractivity contribution in [1.82, 2.24) is 30.2 Å². The molecule has 10 heteroatoms. The lowest BCUT2D eigenvalue weighted by Gasteiger charge is -2.39. The summed E-state index contributed by atoms with van der Waals surface area (Å²) in [6, 6.07) is 9.64. The fraction of sp³-hybridized carbons (Fsp3) is 0.618. The molecular formula is C34H50N6O4. The minimum Gasteiger partial charge on any atom is -0.354 e. The fourth-order valence-corrected chi connectivity index (χ4v) is 6.27. The number of nitrogens with one attached hydrogen (secondary N) is 2. The first kappa shape index (κ1) is 33.2. The fourth-order valence-electron chi connectivity index (χ4n) is 6.27. The molecule has 2 aliphatic rings. The Morgan fingerprint density at radius 1 is 1.02 bits per heavy atom. The molecule has 2 N–H and O–H groups in total. The average Bonchev–Trinajstić information content (AvgIpc) is 3.39. The highest BCUT2D eigenvalue weighted by Gasteiger charge is 2.44. The van der Waals surface area contributed by atoms with Crippen LogP contribution in [0.15, 0.2) is 30.3 Å². The minimum atomic E-state index is -1.18. The molecular weight excluding hydrogens is 556 g/mol. The molecule has 0 saturated carbocycles. The Hall–Kier alpha value is -3.69. The van der Waals surface area contributed by atoms with Crippen molar-refractivity contribution >= 4 is 23.6 Å². The summed E-state index contributed by atoms with van der Waals surface area (Å²) in [5, 5.41) is 10.8. The Bertz CT molecular complexity index is 1330. The number of benzene rings is 1. The summed E-state index contributed by atoms with van der Waals surface area (Å²) < 4.78 is 1.71. The summed E-state index contributed by atoms with van der Waals surface area (Å²) in [6.45, 7) is 11.7. The van der Waals surface area contributed by atoms with E-state index in [0.717, 1.165) is 36.1 Å². The summed E-state index contributed by atoms with van der Waals surface area (Å²) in [5.41, 5.74) is 2.02.